The van der Waals surface area contributed by atoms with Crippen molar-refractivity contribution in [1.29, 1.82) is 0 Å². The fourth-order valence-electron chi connectivity index (χ4n) is 2.77. The quantitative estimate of drug-likeness (QED) is 0.870. The number of hydrogen-bond acceptors (Lipinski definition) is 4. The maximum Gasteiger partial charge on any atom is 0.220 e. The molecule has 1 aromatic rings. The average molecular weight is 324 g/mol. The van der Waals surface area contributed by atoms with Gasteiger partial charge in [-0.25, -0.2) is 4.98 Å². The van der Waals surface area contributed by atoms with Crippen LogP contribution in [0.3, 0.4) is 0 Å². The van der Waals surface area contributed by atoms with Crippen LogP contribution in [0.1, 0.15) is 24.5 Å². The Labute approximate surface area is 133 Å². The number of primary amides is 1. The molecule has 2 heterocycles. The standard InChI is InChI=1S/C15H18ClN3OS/c16-12-4-2-1-3-11(12)13-9-21-15(18-13)19-7-5-10(6-8-19)14(17)20/h1-4,9-12H,5-8H2,(H2,17,20). The van der Waals surface area contributed by atoms with Crippen molar-refractivity contribution >= 4 is 34.0 Å². The fraction of sp³-hybridized carbons (Fsp3) is 0.467. The zero-order valence-corrected chi connectivity index (χ0v) is 13.2. The molecular weight excluding hydrogens is 306 g/mol. The fourth-order valence-corrected chi connectivity index (χ4v) is 3.99. The van der Waals surface area contributed by atoms with Gasteiger partial charge >= 0.3 is 0 Å². The summed E-state index contributed by atoms with van der Waals surface area (Å²) in [5.74, 6) is -0.0252. The summed E-state index contributed by atoms with van der Waals surface area (Å²) < 4.78 is 0. The van der Waals surface area contributed by atoms with Crippen LogP contribution in [0.15, 0.2) is 29.7 Å². The molecule has 112 valence electrons. The lowest BCUT2D eigenvalue weighted by Gasteiger charge is -2.30. The highest BCUT2D eigenvalue weighted by atomic mass is 35.5. The van der Waals surface area contributed by atoms with E-state index in [2.05, 4.69) is 16.4 Å². The Hall–Kier alpha value is -1.33. The zero-order valence-electron chi connectivity index (χ0n) is 11.6. The molecule has 1 fully saturated rings. The number of thiazole rings is 1. The number of nitrogens with zero attached hydrogens (tertiary/aromatic N) is 2. The van der Waals surface area contributed by atoms with Gasteiger partial charge in [0.25, 0.3) is 0 Å². The number of rotatable bonds is 3. The smallest absolute Gasteiger partial charge is 0.220 e. The molecular formula is C15H18ClN3OS. The third-order valence-electron chi connectivity index (χ3n) is 4.09. The van der Waals surface area contributed by atoms with Gasteiger partial charge in [0.15, 0.2) is 5.13 Å². The van der Waals surface area contributed by atoms with Crippen molar-refractivity contribution in [2.75, 3.05) is 18.0 Å². The van der Waals surface area contributed by atoms with E-state index in [0.717, 1.165) is 36.8 Å². The summed E-state index contributed by atoms with van der Waals surface area (Å²) in [6.45, 7) is 1.68. The summed E-state index contributed by atoms with van der Waals surface area (Å²) in [5.41, 5.74) is 6.39. The molecule has 0 spiro atoms. The van der Waals surface area contributed by atoms with Gasteiger partial charge in [0, 0.05) is 30.3 Å². The van der Waals surface area contributed by atoms with Crippen LogP contribution in [0.25, 0.3) is 0 Å². The van der Waals surface area contributed by atoms with Crippen molar-refractivity contribution in [3.8, 4) is 0 Å². The number of hydrogen-bond donors (Lipinski definition) is 1. The third-order valence-corrected chi connectivity index (χ3v) is 5.42. The molecule has 21 heavy (non-hydrogen) atoms. The minimum Gasteiger partial charge on any atom is -0.369 e. The number of halogens is 1. The number of carbonyl (C=O) groups is 1. The van der Waals surface area contributed by atoms with Crippen molar-refractivity contribution in [3.63, 3.8) is 0 Å². The number of carbonyl (C=O) groups excluding carboxylic acids is 1. The first-order valence-electron chi connectivity index (χ1n) is 7.14. The van der Waals surface area contributed by atoms with Gasteiger partial charge in [-0.1, -0.05) is 24.3 Å². The van der Waals surface area contributed by atoms with Crippen LogP contribution in [0, 0.1) is 5.92 Å². The van der Waals surface area contributed by atoms with Crippen LogP contribution in [-0.2, 0) is 4.79 Å². The van der Waals surface area contributed by atoms with Crippen molar-refractivity contribution < 1.29 is 4.79 Å². The van der Waals surface area contributed by atoms with Gasteiger partial charge in [-0.05, 0) is 12.8 Å². The Balaban J connectivity index is 1.67. The Morgan fingerprint density at radius 3 is 2.71 bits per heavy atom. The van der Waals surface area contributed by atoms with Crippen molar-refractivity contribution in [2.24, 2.45) is 11.7 Å². The van der Waals surface area contributed by atoms with Gasteiger partial charge < -0.3 is 10.6 Å². The largest absolute Gasteiger partial charge is 0.369 e. The van der Waals surface area contributed by atoms with E-state index in [-0.39, 0.29) is 23.1 Å². The van der Waals surface area contributed by atoms with Crippen LogP contribution < -0.4 is 10.6 Å². The van der Waals surface area contributed by atoms with Crippen LogP contribution in [0.4, 0.5) is 5.13 Å². The number of alkyl halides is 1. The molecule has 2 unspecified atom stereocenters. The van der Waals surface area contributed by atoms with E-state index in [9.17, 15) is 4.79 Å². The molecule has 0 aromatic carbocycles. The SMILES string of the molecule is NC(=O)C1CCN(c2nc(C3C=CC=CC3Cl)cs2)CC1. The van der Waals surface area contributed by atoms with Crippen LogP contribution >= 0.6 is 22.9 Å². The van der Waals surface area contributed by atoms with E-state index in [1.807, 2.05) is 18.2 Å². The minimum atomic E-state index is -0.182. The predicted molar refractivity (Wildman–Crippen MR) is 86.9 cm³/mol. The lowest BCUT2D eigenvalue weighted by atomic mass is 9.96. The van der Waals surface area contributed by atoms with Crippen LogP contribution in [-0.4, -0.2) is 29.4 Å². The van der Waals surface area contributed by atoms with E-state index in [1.165, 1.54) is 0 Å². The number of nitrogens with two attached hydrogens (primary N) is 1. The Morgan fingerprint density at radius 2 is 2.05 bits per heavy atom. The first-order valence-corrected chi connectivity index (χ1v) is 8.45. The van der Waals surface area contributed by atoms with E-state index in [4.69, 9.17) is 22.3 Å². The van der Waals surface area contributed by atoms with E-state index < -0.39 is 0 Å². The number of amides is 1. The first-order chi connectivity index (χ1) is 10.1. The second-order valence-electron chi connectivity index (χ2n) is 5.46. The third kappa shape index (κ3) is 3.14. The highest BCUT2D eigenvalue weighted by Crippen LogP contribution is 2.33. The predicted octanol–water partition coefficient (Wildman–Crippen LogP) is 2.66. The maximum absolute atomic E-state index is 11.2. The molecule has 6 heteroatoms. The molecule has 2 atom stereocenters. The summed E-state index contributed by atoms with van der Waals surface area (Å²) >= 11 is 7.97. The molecule has 2 N–H and O–H groups in total. The molecule has 1 aliphatic heterocycles. The number of allylic oxidation sites excluding steroid dienone is 4. The van der Waals surface area contributed by atoms with E-state index in [0.29, 0.717) is 0 Å². The molecule has 3 rings (SSSR count). The van der Waals surface area contributed by atoms with Crippen LogP contribution in [0.2, 0.25) is 0 Å². The topological polar surface area (TPSA) is 59.2 Å². The van der Waals surface area contributed by atoms with Crippen molar-refractivity contribution in [2.45, 2.75) is 24.1 Å². The van der Waals surface area contributed by atoms with E-state index in [1.54, 1.807) is 11.3 Å². The van der Waals surface area contributed by atoms with Gasteiger partial charge in [0.1, 0.15) is 0 Å². The Bertz CT molecular complexity index is 575. The molecule has 0 bridgehead atoms. The summed E-state index contributed by atoms with van der Waals surface area (Å²) in [7, 11) is 0. The maximum atomic E-state index is 11.2. The van der Waals surface area contributed by atoms with E-state index >= 15 is 0 Å². The monoisotopic (exact) mass is 323 g/mol. The van der Waals surface area contributed by atoms with Crippen molar-refractivity contribution in [3.05, 3.63) is 35.4 Å². The molecule has 4 nitrogen and oxygen atoms in total. The lowest BCUT2D eigenvalue weighted by molar-refractivity contribution is -0.122. The highest BCUT2D eigenvalue weighted by Gasteiger charge is 2.26. The second-order valence-corrected chi connectivity index (χ2v) is 6.80. The van der Waals surface area contributed by atoms with Gasteiger partial charge in [-0.15, -0.1) is 22.9 Å². The molecule has 1 aliphatic carbocycles. The van der Waals surface area contributed by atoms with Gasteiger partial charge in [-0.2, -0.15) is 0 Å². The molecule has 2 aliphatic rings. The molecule has 1 aromatic heterocycles. The molecule has 1 amide bonds. The Morgan fingerprint density at radius 1 is 1.33 bits per heavy atom. The van der Waals surface area contributed by atoms with Crippen molar-refractivity contribution in [1.82, 2.24) is 4.98 Å². The van der Waals surface area contributed by atoms with Gasteiger partial charge in [0.05, 0.1) is 11.1 Å². The minimum absolute atomic E-state index is 0.0133. The molecule has 0 saturated carbocycles. The first kappa shape index (κ1) is 14.6. The summed E-state index contributed by atoms with van der Waals surface area (Å²) in [6, 6.07) is 0. The van der Waals surface area contributed by atoms with Crippen LogP contribution in [0.5, 0.6) is 0 Å². The number of aromatic nitrogens is 1. The summed E-state index contributed by atoms with van der Waals surface area (Å²) in [5, 5.41) is 3.06. The Kier molecular flexibility index (Phi) is 4.31. The second kappa shape index (κ2) is 6.20. The lowest BCUT2D eigenvalue weighted by Crippen LogP contribution is -2.38. The normalized spacial score (nSPS) is 26.2. The van der Waals surface area contributed by atoms with Gasteiger partial charge in [-0.3, -0.25) is 4.79 Å². The average Bonchev–Trinajstić information content (AvgIpc) is 2.97. The summed E-state index contributed by atoms with van der Waals surface area (Å²) in [6.07, 6.45) is 9.69. The molecule has 1 saturated heterocycles. The summed E-state index contributed by atoms with van der Waals surface area (Å²) in [4.78, 5) is 18.2. The van der Waals surface area contributed by atoms with Gasteiger partial charge in [0.2, 0.25) is 5.91 Å². The number of piperidine rings is 1. The highest BCUT2D eigenvalue weighted by molar-refractivity contribution is 7.13. The molecule has 0 radical (unpaired) electrons. The zero-order chi connectivity index (χ0) is 14.8. The number of anilines is 1.